The summed E-state index contributed by atoms with van der Waals surface area (Å²) < 4.78 is 5.94. The first-order chi connectivity index (χ1) is 8.25. The Hall–Kier alpha value is 0.723. The molecular formula is C13H30N3OZr. The molecule has 0 aliphatic rings. The van der Waals surface area contributed by atoms with Gasteiger partial charge in [-0.2, -0.15) is 0 Å². The molecule has 0 aliphatic carbocycles. The van der Waals surface area contributed by atoms with Gasteiger partial charge in [-0.25, -0.2) is 0 Å². The predicted octanol–water partition coefficient (Wildman–Crippen LogP) is 1.75. The molecule has 0 spiro atoms. The van der Waals surface area contributed by atoms with Gasteiger partial charge in [-0.1, -0.05) is 0 Å². The van der Waals surface area contributed by atoms with Crippen LogP contribution in [0, 0.1) is 0 Å². The molecule has 0 saturated carbocycles. The van der Waals surface area contributed by atoms with E-state index < -0.39 is 0 Å². The van der Waals surface area contributed by atoms with Crippen molar-refractivity contribution in [3.8, 4) is 0 Å². The summed E-state index contributed by atoms with van der Waals surface area (Å²) >= 11 is 1.11. The Labute approximate surface area is 129 Å². The fourth-order valence-corrected chi connectivity index (χ4v) is 3.32. The monoisotopic (exact) mass is 334 g/mol. The number of nitrogens with zero attached hydrogens (tertiary/aromatic N) is 3. The van der Waals surface area contributed by atoms with E-state index in [2.05, 4.69) is 70.5 Å². The molecule has 0 unspecified atom stereocenters. The van der Waals surface area contributed by atoms with Gasteiger partial charge in [-0.3, -0.25) is 0 Å². The van der Waals surface area contributed by atoms with Gasteiger partial charge in [0.1, 0.15) is 0 Å². The van der Waals surface area contributed by atoms with E-state index in [4.69, 9.17) is 2.81 Å². The molecule has 0 saturated heterocycles. The third-order valence-corrected chi connectivity index (χ3v) is 5.34. The Morgan fingerprint density at radius 3 is 1.28 bits per heavy atom. The third-order valence-electron chi connectivity index (χ3n) is 4.08. The molecule has 4 nitrogen and oxygen atoms in total. The van der Waals surface area contributed by atoms with Gasteiger partial charge in [-0.05, 0) is 0 Å². The number of rotatable bonds is 8. The molecule has 0 heterocycles. The summed E-state index contributed by atoms with van der Waals surface area (Å²) in [4.78, 5) is 7.14. The van der Waals surface area contributed by atoms with Gasteiger partial charge in [0.25, 0.3) is 0 Å². The van der Waals surface area contributed by atoms with Crippen molar-refractivity contribution < 1.29 is 28.0 Å². The zero-order valence-electron chi connectivity index (χ0n) is 13.4. The Kier molecular flexibility index (Phi) is 7.79. The van der Waals surface area contributed by atoms with Crippen LogP contribution in [0.4, 0.5) is 0 Å². The Balaban J connectivity index is 5.86. The molecule has 0 N–H and O–H groups in total. The van der Waals surface area contributed by atoms with Crippen LogP contribution >= 0.6 is 0 Å². The van der Waals surface area contributed by atoms with Crippen molar-refractivity contribution in [3.63, 3.8) is 0 Å². The van der Waals surface area contributed by atoms with Crippen molar-refractivity contribution in [1.82, 2.24) is 14.7 Å². The molecule has 0 radical (unpaired) electrons. The standard InChI is InChI=1S/C13H30N3O.Zr/c1-9-14(6)13(12(4,5)17,15(7)10-2)16(8)11-3;/h9-11H2,1-8H3;/q-1;+1. The van der Waals surface area contributed by atoms with Crippen molar-refractivity contribution >= 4 is 0 Å². The molecule has 0 aliphatic heterocycles. The van der Waals surface area contributed by atoms with Crippen molar-refractivity contribution in [3.05, 3.63) is 0 Å². The van der Waals surface area contributed by atoms with Gasteiger partial charge in [-0.15, -0.1) is 0 Å². The molecule has 0 atom stereocenters. The van der Waals surface area contributed by atoms with E-state index in [0.29, 0.717) is 0 Å². The van der Waals surface area contributed by atoms with Crippen LogP contribution in [-0.2, 0) is 28.0 Å². The van der Waals surface area contributed by atoms with Crippen molar-refractivity contribution in [2.24, 2.45) is 0 Å². The topological polar surface area (TPSA) is 19.0 Å². The fraction of sp³-hybridized carbons (Fsp3) is 1.00. The van der Waals surface area contributed by atoms with Crippen LogP contribution in [-0.4, -0.2) is 66.9 Å². The molecule has 0 aromatic heterocycles. The summed E-state index contributed by atoms with van der Waals surface area (Å²) in [5.41, 5.74) is -0.258. The fourth-order valence-electron chi connectivity index (χ4n) is 2.98. The second-order valence-corrected chi connectivity index (χ2v) is 5.79. The number of hydrogen-bond acceptors (Lipinski definition) is 4. The molecule has 0 bridgehead atoms. The number of hydrogen-bond donors (Lipinski definition) is 0. The summed E-state index contributed by atoms with van der Waals surface area (Å²) in [6.07, 6.45) is 0. The molecule has 0 rings (SSSR count). The minimum absolute atomic E-state index is 0.228. The zero-order valence-corrected chi connectivity index (χ0v) is 15.8. The number of likely N-dealkylation sites (N-methyl/N-ethyl adjacent to an activating group) is 3. The Morgan fingerprint density at radius 1 is 0.833 bits per heavy atom. The quantitative estimate of drug-likeness (QED) is 0.629. The molecule has 18 heavy (non-hydrogen) atoms. The first-order valence-corrected chi connectivity index (χ1v) is 7.74. The van der Waals surface area contributed by atoms with Crippen LogP contribution < -0.4 is 0 Å². The van der Waals surface area contributed by atoms with E-state index in [9.17, 15) is 0 Å². The molecule has 0 aromatic carbocycles. The second-order valence-electron chi connectivity index (χ2n) is 5.29. The summed E-state index contributed by atoms with van der Waals surface area (Å²) in [7, 11) is 6.53. The van der Waals surface area contributed by atoms with Crippen molar-refractivity contribution in [1.29, 1.82) is 0 Å². The minimum atomic E-state index is -0.258. The maximum absolute atomic E-state index is 5.94. The van der Waals surface area contributed by atoms with Gasteiger partial charge in [0.15, 0.2) is 0 Å². The van der Waals surface area contributed by atoms with Crippen LogP contribution in [0.25, 0.3) is 0 Å². The van der Waals surface area contributed by atoms with E-state index in [1.807, 2.05) is 0 Å². The van der Waals surface area contributed by atoms with E-state index in [0.717, 1.165) is 44.8 Å². The van der Waals surface area contributed by atoms with Gasteiger partial charge >= 0.3 is 129 Å². The van der Waals surface area contributed by atoms with Crippen LogP contribution in [0.15, 0.2) is 0 Å². The SMILES string of the molecule is CCN(C)C(N(C)CC)(N(C)CC)C(C)(C)[O][Zr]. The van der Waals surface area contributed by atoms with E-state index >= 15 is 0 Å². The van der Waals surface area contributed by atoms with E-state index in [1.54, 1.807) is 0 Å². The van der Waals surface area contributed by atoms with E-state index in [-0.39, 0.29) is 11.4 Å². The second kappa shape index (κ2) is 7.49. The van der Waals surface area contributed by atoms with E-state index in [1.165, 1.54) is 0 Å². The van der Waals surface area contributed by atoms with Crippen LogP contribution in [0.5, 0.6) is 0 Å². The van der Waals surface area contributed by atoms with Crippen LogP contribution in [0.2, 0.25) is 0 Å². The molecule has 5 heteroatoms. The van der Waals surface area contributed by atoms with Crippen molar-refractivity contribution in [2.45, 2.75) is 46.0 Å². The van der Waals surface area contributed by atoms with Crippen LogP contribution in [0.1, 0.15) is 34.6 Å². The van der Waals surface area contributed by atoms with Gasteiger partial charge < -0.3 is 0 Å². The molecule has 0 amide bonds. The maximum atomic E-state index is 5.94. The molecule has 107 valence electrons. The average molecular weight is 336 g/mol. The van der Waals surface area contributed by atoms with Gasteiger partial charge in [0, 0.05) is 0 Å². The summed E-state index contributed by atoms with van der Waals surface area (Å²) in [6, 6.07) is 0. The average Bonchev–Trinajstić information content (AvgIpc) is 2.37. The summed E-state index contributed by atoms with van der Waals surface area (Å²) in [6.45, 7) is 13.9. The first-order valence-electron chi connectivity index (χ1n) is 6.74. The summed E-state index contributed by atoms with van der Waals surface area (Å²) in [5.74, 6) is -0.228. The van der Waals surface area contributed by atoms with Crippen LogP contribution in [0.3, 0.4) is 0 Å². The van der Waals surface area contributed by atoms with Gasteiger partial charge in [0.05, 0.1) is 0 Å². The first kappa shape index (κ1) is 18.7. The zero-order chi connectivity index (χ0) is 14.6. The third kappa shape index (κ3) is 3.07. The molecule has 0 fully saturated rings. The molecule has 0 aromatic rings. The summed E-state index contributed by atoms with van der Waals surface area (Å²) in [5, 5.41) is 0. The van der Waals surface area contributed by atoms with Crippen molar-refractivity contribution in [2.75, 3.05) is 40.8 Å². The predicted molar refractivity (Wildman–Crippen MR) is 72.8 cm³/mol. The Bertz CT molecular complexity index is 222. The normalized spacial score (nSPS) is 13.9. The Morgan fingerprint density at radius 2 is 1.11 bits per heavy atom. The molecular weight excluding hydrogens is 305 g/mol. The van der Waals surface area contributed by atoms with Gasteiger partial charge in [0.2, 0.25) is 0 Å².